The van der Waals surface area contributed by atoms with Crippen molar-refractivity contribution in [3.8, 4) is 11.8 Å². The van der Waals surface area contributed by atoms with Gasteiger partial charge in [0, 0.05) is 31.8 Å². The number of rotatable bonds is 4. The van der Waals surface area contributed by atoms with Gasteiger partial charge < -0.3 is 19.1 Å². The van der Waals surface area contributed by atoms with Crippen molar-refractivity contribution in [3.63, 3.8) is 0 Å². The first-order valence-electron chi connectivity index (χ1n) is 8.73. The van der Waals surface area contributed by atoms with E-state index in [0.717, 1.165) is 12.0 Å². The second kappa shape index (κ2) is 7.29. The number of amides is 1. The van der Waals surface area contributed by atoms with E-state index in [4.69, 9.17) is 14.2 Å². The van der Waals surface area contributed by atoms with E-state index in [9.17, 15) is 4.79 Å². The third kappa shape index (κ3) is 3.35. The van der Waals surface area contributed by atoms with Gasteiger partial charge in [-0.2, -0.15) is 0 Å². The van der Waals surface area contributed by atoms with Crippen LogP contribution in [0, 0.1) is 0 Å². The molecule has 7 nitrogen and oxygen atoms in total. The number of aromatic nitrogens is 2. The molecule has 0 aliphatic carbocycles. The zero-order valence-corrected chi connectivity index (χ0v) is 14.6. The third-order valence-corrected chi connectivity index (χ3v) is 4.80. The minimum absolute atomic E-state index is 0.0247. The second-order valence-corrected chi connectivity index (χ2v) is 6.46. The molecule has 0 saturated carbocycles. The summed E-state index contributed by atoms with van der Waals surface area (Å²) in [5, 5.41) is 0. The van der Waals surface area contributed by atoms with Crippen LogP contribution < -0.4 is 9.47 Å². The molecule has 136 valence electrons. The standard InChI is InChI=1S/C19H21N3O4/c1-24-17-18(21-8-7-20-17)26-15-6-9-22(11-15)19(23)16-10-13-4-2-3-5-14(13)12-25-16/h2-5,7-8,15-16H,6,9-12H2,1H3/t15-,16-/m0/s1. The van der Waals surface area contributed by atoms with E-state index in [1.807, 2.05) is 23.1 Å². The number of benzene rings is 1. The first-order valence-corrected chi connectivity index (χ1v) is 8.73. The van der Waals surface area contributed by atoms with Crippen LogP contribution in [0.3, 0.4) is 0 Å². The highest BCUT2D eigenvalue weighted by molar-refractivity contribution is 5.82. The van der Waals surface area contributed by atoms with Crippen LogP contribution in [0.4, 0.5) is 0 Å². The highest BCUT2D eigenvalue weighted by Gasteiger charge is 2.34. The van der Waals surface area contributed by atoms with E-state index in [-0.39, 0.29) is 12.0 Å². The Morgan fingerprint density at radius 3 is 2.77 bits per heavy atom. The molecule has 3 heterocycles. The quantitative estimate of drug-likeness (QED) is 0.830. The molecule has 26 heavy (non-hydrogen) atoms. The molecule has 1 saturated heterocycles. The first-order chi connectivity index (χ1) is 12.7. The minimum Gasteiger partial charge on any atom is -0.477 e. The maximum absolute atomic E-state index is 12.8. The van der Waals surface area contributed by atoms with Crippen LogP contribution in [0.5, 0.6) is 11.8 Å². The molecule has 0 bridgehead atoms. The van der Waals surface area contributed by atoms with Crippen LogP contribution in [0.1, 0.15) is 17.5 Å². The second-order valence-electron chi connectivity index (χ2n) is 6.46. The normalized spacial score (nSPS) is 22.0. The van der Waals surface area contributed by atoms with Gasteiger partial charge >= 0.3 is 0 Å². The van der Waals surface area contributed by atoms with E-state index < -0.39 is 6.10 Å². The number of nitrogens with zero attached hydrogens (tertiary/aromatic N) is 3. The SMILES string of the molecule is COc1nccnc1O[C@H]1CCN(C(=O)[C@@H]2Cc3ccccc3CO2)C1. The molecule has 1 amide bonds. The number of fused-ring (bicyclic) bond motifs is 1. The largest absolute Gasteiger partial charge is 0.477 e. The number of likely N-dealkylation sites (tertiary alicyclic amines) is 1. The van der Waals surface area contributed by atoms with Gasteiger partial charge in [-0.25, -0.2) is 9.97 Å². The minimum atomic E-state index is -0.422. The number of hydrogen-bond acceptors (Lipinski definition) is 6. The van der Waals surface area contributed by atoms with Crippen molar-refractivity contribution in [2.75, 3.05) is 20.2 Å². The summed E-state index contributed by atoms with van der Waals surface area (Å²) in [6.07, 6.45) is 3.93. The van der Waals surface area contributed by atoms with Gasteiger partial charge in [0.25, 0.3) is 17.7 Å². The Balaban J connectivity index is 1.37. The highest BCUT2D eigenvalue weighted by Crippen LogP contribution is 2.26. The molecule has 0 unspecified atom stereocenters. The molecular formula is C19H21N3O4. The van der Waals surface area contributed by atoms with Crippen LogP contribution in [-0.2, 0) is 22.6 Å². The molecular weight excluding hydrogens is 334 g/mol. The number of carbonyl (C=O) groups excluding carboxylic acids is 1. The van der Waals surface area contributed by atoms with Crippen molar-refractivity contribution >= 4 is 5.91 Å². The fraction of sp³-hybridized carbons (Fsp3) is 0.421. The van der Waals surface area contributed by atoms with Crippen molar-refractivity contribution in [2.45, 2.75) is 31.7 Å². The molecule has 0 spiro atoms. The summed E-state index contributed by atoms with van der Waals surface area (Å²) in [5.41, 5.74) is 2.35. The zero-order valence-electron chi connectivity index (χ0n) is 14.6. The summed E-state index contributed by atoms with van der Waals surface area (Å²) in [7, 11) is 1.53. The van der Waals surface area contributed by atoms with E-state index in [0.29, 0.717) is 37.9 Å². The molecule has 2 aliphatic rings. The molecule has 1 aromatic heterocycles. The van der Waals surface area contributed by atoms with E-state index in [2.05, 4.69) is 16.0 Å². The number of ether oxygens (including phenoxy) is 3. The molecule has 2 aliphatic heterocycles. The highest BCUT2D eigenvalue weighted by atomic mass is 16.5. The van der Waals surface area contributed by atoms with Crippen LogP contribution in [-0.4, -0.2) is 53.2 Å². The van der Waals surface area contributed by atoms with Crippen LogP contribution in [0.25, 0.3) is 0 Å². The lowest BCUT2D eigenvalue weighted by atomic mass is 9.98. The number of methoxy groups -OCH3 is 1. The first kappa shape index (κ1) is 16.8. The smallest absolute Gasteiger partial charge is 0.278 e. The monoisotopic (exact) mass is 355 g/mol. The predicted octanol–water partition coefficient (Wildman–Crippen LogP) is 1.61. The lowest BCUT2D eigenvalue weighted by Crippen LogP contribution is -2.42. The number of carbonyl (C=O) groups is 1. The van der Waals surface area contributed by atoms with Crippen molar-refractivity contribution < 1.29 is 19.0 Å². The van der Waals surface area contributed by atoms with Gasteiger partial charge in [0.1, 0.15) is 12.2 Å². The lowest BCUT2D eigenvalue weighted by Gasteiger charge is -2.28. The molecule has 7 heteroatoms. The Kier molecular flexibility index (Phi) is 4.71. The molecule has 2 atom stereocenters. The molecule has 4 rings (SSSR count). The Morgan fingerprint density at radius 2 is 1.96 bits per heavy atom. The molecule has 0 N–H and O–H groups in total. The summed E-state index contributed by atoms with van der Waals surface area (Å²) in [4.78, 5) is 22.9. The van der Waals surface area contributed by atoms with Gasteiger partial charge in [0.2, 0.25) is 0 Å². The maximum Gasteiger partial charge on any atom is 0.278 e. The van der Waals surface area contributed by atoms with Crippen molar-refractivity contribution in [1.29, 1.82) is 0 Å². The third-order valence-electron chi connectivity index (χ3n) is 4.80. The Bertz CT molecular complexity index is 798. The van der Waals surface area contributed by atoms with Gasteiger partial charge in [0.15, 0.2) is 0 Å². The average Bonchev–Trinajstić information content (AvgIpc) is 3.16. The van der Waals surface area contributed by atoms with Crippen molar-refractivity contribution in [3.05, 3.63) is 47.8 Å². The van der Waals surface area contributed by atoms with Gasteiger partial charge in [-0.3, -0.25) is 4.79 Å². The summed E-state index contributed by atoms with van der Waals surface area (Å²) >= 11 is 0. The summed E-state index contributed by atoms with van der Waals surface area (Å²) in [5.74, 6) is 0.735. The van der Waals surface area contributed by atoms with Crippen molar-refractivity contribution in [2.24, 2.45) is 0 Å². The Morgan fingerprint density at radius 1 is 1.19 bits per heavy atom. The number of hydrogen-bond donors (Lipinski definition) is 0. The Labute approximate surface area is 151 Å². The van der Waals surface area contributed by atoms with Crippen LogP contribution in [0.2, 0.25) is 0 Å². The average molecular weight is 355 g/mol. The Hall–Kier alpha value is -2.67. The van der Waals surface area contributed by atoms with Gasteiger partial charge in [-0.05, 0) is 11.1 Å². The van der Waals surface area contributed by atoms with Gasteiger partial charge in [0.05, 0.1) is 20.3 Å². The lowest BCUT2D eigenvalue weighted by molar-refractivity contribution is -0.144. The van der Waals surface area contributed by atoms with Crippen LogP contribution >= 0.6 is 0 Å². The predicted molar refractivity (Wildman–Crippen MR) is 92.9 cm³/mol. The van der Waals surface area contributed by atoms with E-state index >= 15 is 0 Å². The van der Waals surface area contributed by atoms with E-state index in [1.165, 1.54) is 12.7 Å². The van der Waals surface area contributed by atoms with Gasteiger partial charge in [-0.1, -0.05) is 24.3 Å². The molecule has 0 radical (unpaired) electrons. The van der Waals surface area contributed by atoms with Crippen LogP contribution in [0.15, 0.2) is 36.7 Å². The van der Waals surface area contributed by atoms with Crippen molar-refractivity contribution in [1.82, 2.24) is 14.9 Å². The summed E-state index contributed by atoms with van der Waals surface area (Å²) < 4.78 is 16.8. The fourth-order valence-corrected chi connectivity index (χ4v) is 3.42. The molecule has 2 aromatic rings. The topological polar surface area (TPSA) is 73.8 Å². The molecule has 1 aromatic carbocycles. The fourth-order valence-electron chi connectivity index (χ4n) is 3.42. The maximum atomic E-state index is 12.8. The summed E-state index contributed by atoms with van der Waals surface area (Å²) in [6, 6.07) is 8.10. The van der Waals surface area contributed by atoms with E-state index in [1.54, 1.807) is 12.4 Å². The zero-order chi connectivity index (χ0) is 17.9. The molecule has 1 fully saturated rings. The van der Waals surface area contributed by atoms with Gasteiger partial charge in [-0.15, -0.1) is 0 Å². The summed E-state index contributed by atoms with van der Waals surface area (Å²) in [6.45, 7) is 1.64.